The molecule has 118 valence electrons. The van der Waals surface area contributed by atoms with Gasteiger partial charge in [0.15, 0.2) is 0 Å². The van der Waals surface area contributed by atoms with E-state index in [4.69, 9.17) is 0 Å². The van der Waals surface area contributed by atoms with Gasteiger partial charge < -0.3 is 10.2 Å². The van der Waals surface area contributed by atoms with Gasteiger partial charge in [0.25, 0.3) is 0 Å². The van der Waals surface area contributed by atoms with Crippen LogP contribution in [0, 0.1) is 0 Å². The number of nitrogens with one attached hydrogen (secondary N) is 1. The standard InChI is InChI=1S/C18H19N3O2/c22-17(20-13-14-7-9-19-10-8-14)12-18(23)21-11-3-5-15-4-1-2-6-16(15)21/h1-2,4,6-10H,3,5,11-13H2,(H,20,22). The van der Waals surface area contributed by atoms with Gasteiger partial charge in [-0.1, -0.05) is 18.2 Å². The van der Waals surface area contributed by atoms with E-state index in [0.717, 1.165) is 24.1 Å². The molecule has 0 bridgehead atoms. The molecule has 0 saturated carbocycles. The Kier molecular flexibility index (Phi) is 4.66. The van der Waals surface area contributed by atoms with E-state index in [-0.39, 0.29) is 18.2 Å². The molecule has 0 unspecified atom stereocenters. The molecule has 1 aliphatic heterocycles. The normalized spacial score (nSPS) is 13.3. The van der Waals surface area contributed by atoms with Crippen molar-refractivity contribution in [2.75, 3.05) is 11.4 Å². The van der Waals surface area contributed by atoms with E-state index in [2.05, 4.69) is 10.3 Å². The van der Waals surface area contributed by atoms with Crippen LogP contribution in [0.4, 0.5) is 5.69 Å². The predicted molar refractivity (Wildman–Crippen MR) is 87.8 cm³/mol. The Labute approximate surface area is 135 Å². The third-order valence-electron chi connectivity index (χ3n) is 3.96. The highest BCUT2D eigenvalue weighted by atomic mass is 16.2. The van der Waals surface area contributed by atoms with Crippen LogP contribution in [0.1, 0.15) is 24.0 Å². The quantitative estimate of drug-likeness (QED) is 0.880. The lowest BCUT2D eigenvalue weighted by Crippen LogP contribution is -2.38. The highest BCUT2D eigenvalue weighted by Crippen LogP contribution is 2.27. The Bertz CT molecular complexity index is 700. The summed E-state index contributed by atoms with van der Waals surface area (Å²) in [6.07, 6.45) is 5.14. The summed E-state index contributed by atoms with van der Waals surface area (Å²) < 4.78 is 0. The number of hydrogen-bond acceptors (Lipinski definition) is 3. The minimum atomic E-state index is -0.255. The first-order valence-electron chi connectivity index (χ1n) is 7.78. The van der Waals surface area contributed by atoms with Crippen LogP contribution in [0.3, 0.4) is 0 Å². The van der Waals surface area contributed by atoms with Crippen LogP contribution < -0.4 is 10.2 Å². The third-order valence-corrected chi connectivity index (χ3v) is 3.96. The number of aromatic nitrogens is 1. The first kappa shape index (κ1) is 15.2. The molecule has 1 N–H and O–H groups in total. The van der Waals surface area contributed by atoms with E-state index in [0.29, 0.717) is 13.1 Å². The zero-order valence-corrected chi connectivity index (χ0v) is 12.9. The van der Waals surface area contributed by atoms with E-state index in [1.165, 1.54) is 5.56 Å². The molecule has 2 heterocycles. The molecule has 23 heavy (non-hydrogen) atoms. The summed E-state index contributed by atoms with van der Waals surface area (Å²) in [5.41, 5.74) is 3.07. The van der Waals surface area contributed by atoms with Crippen LogP contribution >= 0.6 is 0 Å². The molecule has 1 aromatic carbocycles. The highest BCUT2D eigenvalue weighted by Gasteiger charge is 2.23. The van der Waals surface area contributed by atoms with Crippen LogP contribution in [-0.4, -0.2) is 23.3 Å². The largest absolute Gasteiger partial charge is 0.352 e. The molecule has 2 aromatic rings. The van der Waals surface area contributed by atoms with Gasteiger partial charge in [0, 0.05) is 31.2 Å². The van der Waals surface area contributed by atoms with E-state index < -0.39 is 0 Å². The van der Waals surface area contributed by atoms with Crippen molar-refractivity contribution in [3.8, 4) is 0 Å². The number of nitrogens with zero attached hydrogens (tertiary/aromatic N) is 2. The topological polar surface area (TPSA) is 62.3 Å². The monoisotopic (exact) mass is 309 g/mol. The van der Waals surface area contributed by atoms with Crippen molar-refractivity contribution >= 4 is 17.5 Å². The molecule has 3 rings (SSSR count). The van der Waals surface area contributed by atoms with Crippen LogP contribution in [0.15, 0.2) is 48.8 Å². The number of pyridine rings is 1. The molecule has 2 amide bonds. The van der Waals surface area contributed by atoms with Crippen molar-refractivity contribution in [1.29, 1.82) is 0 Å². The number of fused-ring (bicyclic) bond motifs is 1. The Balaban J connectivity index is 1.58. The predicted octanol–water partition coefficient (Wildman–Crippen LogP) is 2.07. The fourth-order valence-corrected chi connectivity index (χ4v) is 2.79. The number of carbonyl (C=O) groups is 2. The molecule has 0 saturated heterocycles. The maximum absolute atomic E-state index is 12.4. The lowest BCUT2D eigenvalue weighted by molar-refractivity contribution is -0.128. The van der Waals surface area contributed by atoms with Gasteiger partial charge >= 0.3 is 0 Å². The minimum Gasteiger partial charge on any atom is -0.352 e. The SMILES string of the molecule is O=C(CC(=O)N1CCCc2ccccc21)NCc1ccncc1. The zero-order chi connectivity index (χ0) is 16.1. The van der Waals surface area contributed by atoms with Crippen molar-refractivity contribution in [2.24, 2.45) is 0 Å². The Morgan fingerprint density at radius 2 is 1.91 bits per heavy atom. The van der Waals surface area contributed by atoms with Crippen LogP contribution in [0.5, 0.6) is 0 Å². The molecule has 5 heteroatoms. The van der Waals surface area contributed by atoms with E-state index in [1.807, 2.05) is 36.4 Å². The molecule has 0 aliphatic carbocycles. The van der Waals surface area contributed by atoms with Gasteiger partial charge in [-0.05, 0) is 42.2 Å². The summed E-state index contributed by atoms with van der Waals surface area (Å²) in [4.78, 5) is 30.1. The molecule has 1 aromatic heterocycles. The average molecular weight is 309 g/mol. The third kappa shape index (κ3) is 3.74. The second-order valence-electron chi connectivity index (χ2n) is 5.59. The van der Waals surface area contributed by atoms with Crippen molar-refractivity contribution in [1.82, 2.24) is 10.3 Å². The second-order valence-corrected chi connectivity index (χ2v) is 5.59. The summed E-state index contributed by atoms with van der Waals surface area (Å²) in [7, 11) is 0. The zero-order valence-electron chi connectivity index (χ0n) is 12.9. The number of anilines is 1. The lowest BCUT2D eigenvalue weighted by atomic mass is 10.0. The lowest BCUT2D eigenvalue weighted by Gasteiger charge is -2.29. The van der Waals surface area contributed by atoms with E-state index in [1.54, 1.807) is 17.3 Å². The molecule has 5 nitrogen and oxygen atoms in total. The van der Waals surface area contributed by atoms with Gasteiger partial charge in [-0.3, -0.25) is 14.6 Å². The minimum absolute atomic E-state index is 0.126. The first-order valence-corrected chi connectivity index (χ1v) is 7.78. The fraction of sp³-hybridized carbons (Fsp3) is 0.278. The van der Waals surface area contributed by atoms with Crippen LogP contribution in [0.25, 0.3) is 0 Å². The Morgan fingerprint density at radius 3 is 2.74 bits per heavy atom. The molecule has 0 spiro atoms. The number of hydrogen-bond donors (Lipinski definition) is 1. The van der Waals surface area contributed by atoms with Crippen molar-refractivity contribution < 1.29 is 9.59 Å². The van der Waals surface area contributed by atoms with Gasteiger partial charge in [-0.25, -0.2) is 0 Å². The number of rotatable bonds is 4. The Hall–Kier alpha value is -2.69. The van der Waals surface area contributed by atoms with Gasteiger partial charge in [0.05, 0.1) is 0 Å². The fourth-order valence-electron chi connectivity index (χ4n) is 2.79. The van der Waals surface area contributed by atoms with E-state index in [9.17, 15) is 9.59 Å². The Morgan fingerprint density at radius 1 is 1.13 bits per heavy atom. The maximum Gasteiger partial charge on any atom is 0.236 e. The smallest absolute Gasteiger partial charge is 0.236 e. The number of carbonyl (C=O) groups excluding carboxylic acids is 2. The number of amides is 2. The molecule has 0 fully saturated rings. The summed E-state index contributed by atoms with van der Waals surface area (Å²) in [5, 5.41) is 2.78. The van der Waals surface area contributed by atoms with Crippen molar-refractivity contribution in [3.05, 3.63) is 59.9 Å². The number of benzene rings is 1. The van der Waals surface area contributed by atoms with E-state index >= 15 is 0 Å². The average Bonchev–Trinajstić information content (AvgIpc) is 2.60. The molecule has 0 atom stereocenters. The van der Waals surface area contributed by atoms with Gasteiger partial charge in [-0.15, -0.1) is 0 Å². The van der Waals surface area contributed by atoms with Gasteiger partial charge in [0.1, 0.15) is 6.42 Å². The first-order chi connectivity index (χ1) is 11.2. The van der Waals surface area contributed by atoms with Gasteiger partial charge in [0.2, 0.25) is 11.8 Å². The maximum atomic E-state index is 12.4. The molecular weight excluding hydrogens is 290 g/mol. The molecule has 1 aliphatic rings. The summed E-state index contributed by atoms with van der Waals surface area (Å²) in [5.74, 6) is -0.403. The van der Waals surface area contributed by atoms with Crippen molar-refractivity contribution in [2.45, 2.75) is 25.8 Å². The summed E-state index contributed by atoms with van der Waals surface area (Å²) in [6.45, 7) is 1.08. The van der Waals surface area contributed by atoms with Crippen LogP contribution in [0.2, 0.25) is 0 Å². The molecule has 0 radical (unpaired) electrons. The van der Waals surface area contributed by atoms with Crippen LogP contribution in [-0.2, 0) is 22.6 Å². The number of aryl methyl sites for hydroxylation is 1. The summed E-state index contributed by atoms with van der Waals surface area (Å²) in [6, 6.07) is 11.6. The second kappa shape index (κ2) is 7.05. The highest BCUT2D eigenvalue weighted by molar-refractivity contribution is 6.05. The molecular formula is C18H19N3O2. The van der Waals surface area contributed by atoms with Crippen molar-refractivity contribution in [3.63, 3.8) is 0 Å². The summed E-state index contributed by atoms with van der Waals surface area (Å²) >= 11 is 0. The van der Waals surface area contributed by atoms with Gasteiger partial charge in [-0.2, -0.15) is 0 Å². The number of para-hydroxylation sites is 1.